The number of ether oxygens (including phenoxy) is 2. The molecule has 0 saturated heterocycles. The summed E-state index contributed by atoms with van der Waals surface area (Å²) in [5.74, 6) is -0.651. The monoisotopic (exact) mass is 438 g/mol. The number of anilines is 2. The Morgan fingerprint density at radius 1 is 1.41 bits per heavy atom. The van der Waals surface area contributed by atoms with E-state index in [2.05, 4.69) is 15.3 Å². The van der Waals surface area contributed by atoms with E-state index in [1.54, 1.807) is 20.2 Å². The highest BCUT2D eigenvalue weighted by molar-refractivity contribution is 6.08. The molecule has 1 aliphatic heterocycles. The van der Waals surface area contributed by atoms with Gasteiger partial charge in [0.15, 0.2) is 0 Å². The smallest absolute Gasteiger partial charge is 0.257 e. The maximum absolute atomic E-state index is 15.0. The number of nitrogens with zero attached hydrogens (tertiary/aromatic N) is 3. The molecular weight excluding hydrogens is 415 g/mol. The van der Waals surface area contributed by atoms with Gasteiger partial charge in [0.1, 0.15) is 11.6 Å². The van der Waals surface area contributed by atoms with Crippen molar-refractivity contribution in [2.45, 2.75) is 12.6 Å². The number of pyridine rings is 2. The van der Waals surface area contributed by atoms with E-state index in [0.29, 0.717) is 34.8 Å². The summed E-state index contributed by atoms with van der Waals surface area (Å²) in [4.78, 5) is 23.4. The fraction of sp³-hybridized carbons (Fsp3) is 0.273. The van der Waals surface area contributed by atoms with Crippen molar-refractivity contribution in [2.24, 2.45) is 0 Å². The normalized spacial score (nSPS) is 15.2. The van der Waals surface area contributed by atoms with Crippen molar-refractivity contribution in [2.75, 3.05) is 38.9 Å². The first kappa shape index (κ1) is 21.4. The van der Waals surface area contributed by atoms with Crippen LogP contribution in [0.25, 0.3) is 10.9 Å². The molecule has 0 saturated carbocycles. The third kappa shape index (κ3) is 3.48. The number of nitrogen functional groups attached to an aromatic ring is 1. The van der Waals surface area contributed by atoms with Gasteiger partial charge in [0.25, 0.3) is 5.91 Å². The quantitative estimate of drug-likeness (QED) is 0.523. The summed E-state index contributed by atoms with van der Waals surface area (Å²) in [7, 11) is 4.77. The first-order valence-electron chi connectivity index (χ1n) is 9.89. The van der Waals surface area contributed by atoms with Gasteiger partial charge in [-0.3, -0.25) is 4.79 Å². The molecule has 4 rings (SSSR count). The fourth-order valence-electron chi connectivity index (χ4n) is 3.94. The van der Waals surface area contributed by atoms with Crippen LogP contribution in [0.1, 0.15) is 33.2 Å². The third-order valence-electron chi connectivity index (χ3n) is 5.62. The molecule has 1 amide bonds. The van der Waals surface area contributed by atoms with Crippen molar-refractivity contribution in [3.05, 3.63) is 52.5 Å². The van der Waals surface area contributed by atoms with Gasteiger partial charge in [-0.2, -0.15) is 0 Å². The molecule has 3 heterocycles. The Morgan fingerprint density at radius 3 is 2.88 bits per heavy atom. The Balaban J connectivity index is 1.77. The molecule has 0 fully saturated rings. The summed E-state index contributed by atoms with van der Waals surface area (Å²) in [6, 6.07) is 5.69. The molecule has 2 aromatic heterocycles. The Kier molecular flexibility index (Phi) is 5.62. The molecule has 3 aromatic rings. The number of aromatic nitrogens is 2. The van der Waals surface area contributed by atoms with Gasteiger partial charge in [0.2, 0.25) is 5.88 Å². The van der Waals surface area contributed by atoms with Crippen molar-refractivity contribution in [1.29, 1.82) is 5.41 Å². The largest absolute Gasteiger partial charge is 0.481 e. The number of methoxy groups -OCH3 is 1. The molecule has 0 bridgehead atoms. The molecule has 10 heteroatoms. The molecular formula is C22H23FN6O3. The molecule has 1 atom stereocenters. The number of halogens is 1. The van der Waals surface area contributed by atoms with Crippen molar-refractivity contribution in [3.8, 4) is 5.88 Å². The molecule has 0 radical (unpaired) electrons. The van der Waals surface area contributed by atoms with E-state index in [9.17, 15) is 9.18 Å². The Labute approximate surface area is 183 Å². The summed E-state index contributed by atoms with van der Waals surface area (Å²) in [6.45, 7) is 0.560. The minimum atomic E-state index is -0.723. The lowest BCUT2D eigenvalue weighted by Gasteiger charge is -2.33. The molecule has 9 nitrogen and oxygen atoms in total. The molecule has 0 unspecified atom stereocenters. The average molecular weight is 438 g/mol. The van der Waals surface area contributed by atoms with Gasteiger partial charge in [-0.05, 0) is 12.1 Å². The first-order chi connectivity index (χ1) is 15.4. The molecule has 1 aliphatic rings. The van der Waals surface area contributed by atoms with Crippen LogP contribution in [0.4, 0.5) is 15.9 Å². The van der Waals surface area contributed by atoms with E-state index in [-0.39, 0.29) is 23.5 Å². The summed E-state index contributed by atoms with van der Waals surface area (Å²) in [6.07, 6.45) is 1.10. The van der Waals surface area contributed by atoms with Crippen molar-refractivity contribution in [3.63, 3.8) is 0 Å². The predicted octanol–water partition coefficient (Wildman–Crippen LogP) is 2.74. The van der Waals surface area contributed by atoms with E-state index in [1.165, 1.54) is 18.1 Å². The zero-order valence-electron chi connectivity index (χ0n) is 17.9. The molecule has 1 aromatic carbocycles. The lowest BCUT2D eigenvalue weighted by atomic mass is 10.00. The predicted molar refractivity (Wildman–Crippen MR) is 119 cm³/mol. The highest BCUT2D eigenvalue weighted by atomic mass is 19.1. The van der Waals surface area contributed by atoms with Crippen LogP contribution in [0.5, 0.6) is 5.88 Å². The van der Waals surface area contributed by atoms with Crippen molar-refractivity contribution < 1.29 is 18.7 Å². The van der Waals surface area contributed by atoms with Crippen LogP contribution < -0.4 is 15.8 Å². The molecule has 166 valence electrons. The van der Waals surface area contributed by atoms with Crippen molar-refractivity contribution >= 4 is 34.5 Å². The van der Waals surface area contributed by atoms with E-state index in [0.717, 1.165) is 17.8 Å². The second-order valence-corrected chi connectivity index (χ2v) is 7.37. The van der Waals surface area contributed by atoms with E-state index in [1.807, 2.05) is 6.07 Å². The summed E-state index contributed by atoms with van der Waals surface area (Å²) in [5, 5.41) is 11.1. The van der Waals surface area contributed by atoms with Gasteiger partial charge in [-0.25, -0.2) is 14.4 Å². The summed E-state index contributed by atoms with van der Waals surface area (Å²) >= 11 is 0. The number of carbonyl (C=O) groups is 1. The average Bonchev–Trinajstić information content (AvgIpc) is 2.81. The first-order valence-corrected chi connectivity index (χ1v) is 9.89. The Bertz CT molecular complexity index is 1230. The van der Waals surface area contributed by atoms with Gasteiger partial charge in [0, 0.05) is 49.0 Å². The topological polar surface area (TPSA) is 126 Å². The second-order valence-electron chi connectivity index (χ2n) is 7.37. The highest BCUT2D eigenvalue weighted by Crippen LogP contribution is 2.33. The van der Waals surface area contributed by atoms with Crippen LogP contribution in [-0.4, -0.2) is 54.8 Å². The lowest BCUT2D eigenvalue weighted by molar-refractivity contribution is 0.0325. The molecule has 4 N–H and O–H groups in total. The number of fused-ring (bicyclic) bond motifs is 2. The zero-order chi connectivity index (χ0) is 23.0. The van der Waals surface area contributed by atoms with Crippen LogP contribution >= 0.6 is 0 Å². The number of hydrogen-bond donors (Lipinski definition) is 3. The highest BCUT2D eigenvalue weighted by Gasteiger charge is 2.30. The standard InChI is InChI=1S/C22H23FN6O3/c1-26-20-14(8-24)12-6-13(15(23)7-16(12)28-21(20)25)22(30)29(2)18-10-32-9-17-11(18)4-5-19(27-17)31-3/h4-8,18,24,26H,9-10H2,1-3H3,(H2,25,28)/t18-/m1/s1. The van der Waals surface area contributed by atoms with Crippen LogP contribution in [0.2, 0.25) is 0 Å². The van der Waals surface area contributed by atoms with Crippen LogP contribution in [0, 0.1) is 11.2 Å². The number of carbonyl (C=O) groups excluding carboxylic acids is 1. The minimum Gasteiger partial charge on any atom is -0.481 e. The van der Waals surface area contributed by atoms with Gasteiger partial charge in [-0.15, -0.1) is 0 Å². The number of rotatable bonds is 5. The van der Waals surface area contributed by atoms with E-state index < -0.39 is 17.8 Å². The van der Waals surface area contributed by atoms with Crippen LogP contribution in [-0.2, 0) is 11.3 Å². The summed E-state index contributed by atoms with van der Waals surface area (Å²) in [5.41, 5.74) is 8.42. The van der Waals surface area contributed by atoms with E-state index in [4.69, 9.17) is 20.6 Å². The number of hydrogen-bond acceptors (Lipinski definition) is 8. The van der Waals surface area contributed by atoms with Gasteiger partial charge >= 0.3 is 0 Å². The Morgan fingerprint density at radius 2 is 2.19 bits per heavy atom. The third-order valence-corrected chi connectivity index (χ3v) is 5.62. The van der Waals surface area contributed by atoms with Crippen LogP contribution in [0.3, 0.4) is 0 Å². The second kappa shape index (κ2) is 8.39. The zero-order valence-corrected chi connectivity index (χ0v) is 17.9. The summed E-state index contributed by atoms with van der Waals surface area (Å²) < 4.78 is 25.8. The fourth-order valence-corrected chi connectivity index (χ4v) is 3.94. The van der Waals surface area contributed by atoms with Gasteiger partial charge in [0.05, 0.1) is 48.8 Å². The maximum Gasteiger partial charge on any atom is 0.257 e. The number of nitrogens with one attached hydrogen (secondary N) is 2. The van der Waals surface area contributed by atoms with Gasteiger partial charge < -0.3 is 30.8 Å². The molecule has 0 spiro atoms. The lowest BCUT2D eigenvalue weighted by Crippen LogP contribution is -2.37. The van der Waals surface area contributed by atoms with E-state index >= 15 is 0 Å². The molecule has 32 heavy (non-hydrogen) atoms. The maximum atomic E-state index is 15.0. The van der Waals surface area contributed by atoms with Crippen molar-refractivity contribution in [1.82, 2.24) is 14.9 Å². The molecule has 0 aliphatic carbocycles. The van der Waals surface area contributed by atoms with Gasteiger partial charge in [-0.1, -0.05) is 0 Å². The number of amides is 1. The Hall–Kier alpha value is -3.79. The number of likely N-dealkylation sites (N-methyl/N-ethyl adjacent to an activating group) is 1. The number of nitrogens with two attached hydrogens (primary N) is 1. The van der Waals surface area contributed by atoms with Crippen LogP contribution in [0.15, 0.2) is 24.3 Å². The minimum absolute atomic E-state index is 0.134. The SMILES string of the molecule is CNc1c(N)nc2cc(F)c(C(=O)N(C)[C@@H]3COCc4nc(OC)ccc43)cc2c1C=N. The number of benzene rings is 1.